The monoisotopic (exact) mass is 176 g/mol. The van der Waals surface area contributed by atoms with Gasteiger partial charge in [0.2, 0.25) is 0 Å². The van der Waals surface area contributed by atoms with E-state index >= 15 is 0 Å². The van der Waals surface area contributed by atoms with Crippen molar-refractivity contribution in [1.29, 1.82) is 0 Å². The van der Waals surface area contributed by atoms with Crippen molar-refractivity contribution in [1.82, 2.24) is 0 Å². The molecular weight excluding hydrogens is 164 g/mol. The number of fused-ring (bicyclic) bond motifs is 1. The van der Waals surface area contributed by atoms with Crippen LogP contribution in [0.2, 0.25) is 0 Å². The first-order chi connectivity index (χ1) is 6.09. The van der Waals surface area contributed by atoms with Gasteiger partial charge in [-0.25, -0.2) is 0 Å². The lowest BCUT2D eigenvalue weighted by Gasteiger charge is -2.23. The van der Waals surface area contributed by atoms with Crippen LogP contribution in [-0.2, 0) is 0 Å². The van der Waals surface area contributed by atoms with Crippen molar-refractivity contribution < 1.29 is 0 Å². The molecule has 2 aliphatic rings. The van der Waals surface area contributed by atoms with E-state index < -0.39 is 0 Å². The molecule has 0 radical (unpaired) electrons. The zero-order valence-electron chi connectivity index (χ0n) is 8.02. The lowest BCUT2D eigenvalue weighted by molar-refractivity contribution is 0.596. The highest BCUT2D eigenvalue weighted by Gasteiger charge is 2.32. The van der Waals surface area contributed by atoms with E-state index in [1.807, 2.05) is 6.08 Å². The highest BCUT2D eigenvalue weighted by atomic mass is 15.4. The Labute approximate surface area is 77.2 Å². The fourth-order valence-corrected chi connectivity index (χ4v) is 1.40. The Morgan fingerprint density at radius 2 is 2.08 bits per heavy atom. The van der Waals surface area contributed by atoms with Crippen LogP contribution < -0.4 is 0 Å². The molecule has 0 bridgehead atoms. The Hall–Kier alpha value is -1.32. The molecule has 0 amide bonds. The quantitative estimate of drug-likeness (QED) is 0.543. The average molecular weight is 176 g/mol. The fraction of sp³-hybridized carbons (Fsp3) is 0.556. The molecule has 2 aliphatic heterocycles. The Morgan fingerprint density at radius 1 is 1.31 bits per heavy atom. The maximum atomic E-state index is 4.33. The van der Waals surface area contributed by atoms with Crippen LogP contribution in [0.3, 0.4) is 0 Å². The lowest BCUT2D eigenvalue weighted by Crippen LogP contribution is -2.35. The minimum Gasteiger partial charge on any atom is -0.259 e. The SMILES string of the molecule is CC(C)(C)C1=NC=CC2N=NN=C12. The molecular formula is C9H12N4. The zero-order chi connectivity index (χ0) is 9.47. The van der Waals surface area contributed by atoms with Crippen molar-refractivity contribution in [3.05, 3.63) is 12.3 Å². The molecule has 0 aromatic carbocycles. The molecule has 0 saturated carbocycles. The van der Waals surface area contributed by atoms with E-state index in [4.69, 9.17) is 0 Å². The van der Waals surface area contributed by atoms with E-state index in [-0.39, 0.29) is 11.5 Å². The van der Waals surface area contributed by atoms with E-state index in [0.717, 1.165) is 11.4 Å². The van der Waals surface area contributed by atoms with E-state index in [2.05, 4.69) is 41.2 Å². The number of hydrogen-bond acceptors (Lipinski definition) is 4. The van der Waals surface area contributed by atoms with Gasteiger partial charge in [-0.1, -0.05) is 20.8 Å². The minimum atomic E-state index is 0.00623. The first-order valence-corrected chi connectivity index (χ1v) is 4.32. The van der Waals surface area contributed by atoms with Crippen molar-refractivity contribution in [2.75, 3.05) is 0 Å². The van der Waals surface area contributed by atoms with Crippen LogP contribution in [0.25, 0.3) is 0 Å². The maximum Gasteiger partial charge on any atom is 0.139 e. The molecule has 0 aliphatic carbocycles. The first-order valence-electron chi connectivity index (χ1n) is 4.32. The average Bonchev–Trinajstić information content (AvgIpc) is 2.48. The summed E-state index contributed by atoms with van der Waals surface area (Å²) in [7, 11) is 0. The van der Waals surface area contributed by atoms with Gasteiger partial charge in [0.1, 0.15) is 11.8 Å². The molecule has 0 N–H and O–H groups in total. The molecule has 2 rings (SSSR count). The van der Waals surface area contributed by atoms with Crippen LogP contribution >= 0.6 is 0 Å². The van der Waals surface area contributed by atoms with Crippen LogP contribution in [0.15, 0.2) is 32.7 Å². The van der Waals surface area contributed by atoms with Crippen LogP contribution in [0, 0.1) is 5.41 Å². The van der Waals surface area contributed by atoms with Crippen LogP contribution in [-0.4, -0.2) is 17.5 Å². The van der Waals surface area contributed by atoms with Gasteiger partial charge in [-0.2, -0.15) is 5.11 Å². The second-order valence-corrected chi connectivity index (χ2v) is 4.20. The first kappa shape index (κ1) is 8.29. The van der Waals surface area contributed by atoms with Crippen molar-refractivity contribution in [3.8, 4) is 0 Å². The number of hydrogen-bond donors (Lipinski definition) is 0. The van der Waals surface area contributed by atoms with Gasteiger partial charge in [-0.3, -0.25) is 4.99 Å². The molecule has 1 unspecified atom stereocenters. The largest absolute Gasteiger partial charge is 0.259 e. The molecule has 0 aromatic rings. The summed E-state index contributed by atoms with van der Waals surface area (Å²) in [5.74, 6) is 0. The van der Waals surface area contributed by atoms with Crippen LogP contribution in [0.4, 0.5) is 0 Å². The predicted molar refractivity (Wildman–Crippen MR) is 52.1 cm³/mol. The summed E-state index contributed by atoms with van der Waals surface area (Å²) < 4.78 is 0. The van der Waals surface area contributed by atoms with Crippen LogP contribution in [0.1, 0.15) is 20.8 Å². The molecule has 4 nitrogen and oxygen atoms in total. The Bertz CT molecular complexity index is 341. The Balaban J connectivity index is 2.40. The van der Waals surface area contributed by atoms with Gasteiger partial charge in [0.15, 0.2) is 0 Å². The second kappa shape index (κ2) is 2.58. The molecule has 0 spiro atoms. The van der Waals surface area contributed by atoms with Crippen LogP contribution in [0.5, 0.6) is 0 Å². The Kier molecular flexibility index (Phi) is 1.65. The van der Waals surface area contributed by atoms with E-state index in [9.17, 15) is 0 Å². The summed E-state index contributed by atoms with van der Waals surface area (Å²) in [6.07, 6.45) is 3.69. The third-order valence-electron chi connectivity index (χ3n) is 2.03. The van der Waals surface area contributed by atoms with Gasteiger partial charge in [-0.05, 0) is 11.3 Å². The van der Waals surface area contributed by atoms with E-state index in [0.29, 0.717) is 0 Å². The molecule has 2 heterocycles. The molecule has 0 saturated heterocycles. The normalized spacial score (nSPS) is 25.6. The lowest BCUT2D eigenvalue weighted by atomic mass is 9.84. The summed E-state index contributed by atoms with van der Waals surface area (Å²) in [6.45, 7) is 6.34. The molecule has 4 heteroatoms. The maximum absolute atomic E-state index is 4.33. The standard InChI is InChI=1S/C9H12N4/c1-9(2,3)8-7-6(4-5-10-8)11-13-12-7/h4-6H,1-3H3. The minimum absolute atomic E-state index is 0.00623. The summed E-state index contributed by atoms with van der Waals surface area (Å²) in [6, 6.07) is 0.00623. The van der Waals surface area contributed by atoms with Crippen molar-refractivity contribution in [2.24, 2.45) is 25.8 Å². The second-order valence-electron chi connectivity index (χ2n) is 4.20. The van der Waals surface area contributed by atoms with Crippen molar-refractivity contribution in [3.63, 3.8) is 0 Å². The summed E-state index contributed by atoms with van der Waals surface area (Å²) >= 11 is 0. The molecule has 1 atom stereocenters. The number of nitrogens with zero attached hydrogens (tertiary/aromatic N) is 4. The number of aliphatic imine (C=N–C) groups is 1. The predicted octanol–water partition coefficient (Wildman–Crippen LogP) is 2.19. The van der Waals surface area contributed by atoms with Gasteiger partial charge >= 0.3 is 0 Å². The highest BCUT2D eigenvalue weighted by Crippen LogP contribution is 2.24. The highest BCUT2D eigenvalue weighted by molar-refractivity contribution is 6.47. The summed E-state index contributed by atoms with van der Waals surface area (Å²) in [5, 5.41) is 11.6. The number of rotatable bonds is 0. The topological polar surface area (TPSA) is 49.4 Å². The van der Waals surface area contributed by atoms with Gasteiger partial charge in [0.25, 0.3) is 0 Å². The van der Waals surface area contributed by atoms with E-state index in [1.54, 1.807) is 6.20 Å². The molecule has 0 fully saturated rings. The van der Waals surface area contributed by atoms with Crippen molar-refractivity contribution >= 4 is 11.4 Å². The smallest absolute Gasteiger partial charge is 0.139 e. The third kappa shape index (κ3) is 1.32. The fourth-order valence-electron chi connectivity index (χ4n) is 1.40. The van der Waals surface area contributed by atoms with Gasteiger partial charge < -0.3 is 0 Å². The van der Waals surface area contributed by atoms with Gasteiger partial charge in [0.05, 0.1) is 5.71 Å². The van der Waals surface area contributed by atoms with Gasteiger partial charge in [-0.15, -0.1) is 5.10 Å². The molecule has 68 valence electrons. The summed E-state index contributed by atoms with van der Waals surface area (Å²) in [5.41, 5.74) is 1.90. The Morgan fingerprint density at radius 3 is 2.77 bits per heavy atom. The summed E-state index contributed by atoms with van der Waals surface area (Å²) in [4.78, 5) is 4.33. The zero-order valence-corrected chi connectivity index (χ0v) is 8.02. The third-order valence-corrected chi connectivity index (χ3v) is 2.03. The van der Waals surface area contributed by atoms with E-state index in [1.165, 1.54) is 0 Å². The molecule has 0 aromatic heterocycles. The van der Waals surface area contributed by atoms with Gasteiger partial charge in [0, 0.05) is 11.6 Å². The van der Waals surface area contributed by atoms with Crippen molar-refractivity contribution in [2.45, 2.75) is 26.8 Å². The molecule has 13 heavy (non-hydrogen) atoms.